The smallest absolute Gasteiger partial charge is 0.175 e. The number of benzene rings is 3. The van der Waals surface area contributed by atoms with Crippen LogP contribution in [0.15, 0.2) is 60.7 Å². The summed E-state index contributed by atoms with van der Waals surface area (Å²) in [6.07, 6.45) is 0. The standard InChI is InChI=1S/C17H12N4S2/c22-17(18-12-8-9-16-15(10-12)20-21-23-16)19-14-7-3-5-11-4-1-2-6-13(11)14/h1-10H,(H2,18,19,22). The fourth-order valence-corrected chi connectivity index (χ4v) is 3.24. The SMILES string of the molecule is S=C(Nc1ccc2snnc2c1)Nc1cccc2ccccc12. The molecule has 0 aliphatic heterocycles. The summed E-state index contributed by atoms with van der Waals surface area (Å²) in [4.78, 5) is 0. The molecule has 0 aliphatic carbocycles. The maximum atomic E-state index is 5.43. The van der Waals surface area contributed by atoms with E-state index < -0.39 is 0 Å². The Labute approximate surface area is 142 Å². The van der Waals surface area contributed by atoms with Crippen LogP contribution in [0.2, 0.25) is 0 Å². The van der Waals surface area contributed by atoms with Gasteiger partial charge in [-0.3, -0.25) is 0 Å². The fourth-order valence-electron chi connectivity index (χ4n) is 2.48. The molecule has 1 aromatic heterocycles. The topological polar surface area (TPSA) is 49.8 Å². The van der Waals surface area contributed by atoms with Crippen molar-refractivity contribution < 1.29 is 0 Å². The summed E-state index contributed by atoms with van der Waals surface area (Å²) in [6.45, 7) is 0. The lowest BCUT2D eigenvalue weighted by Gasteiger charge is -2.12. The van der Waals surface area contributed by atoms with Crippen LogP contribution in [0.1, 0.15) is 0 Å². The Morgan fingerprint density at radius 2 is 1.83 bits per heavy atom. The van der Waals surface area contributed by atoms with Crippen LogP contribution in [0.3, 0.4) is 0 Å². The van der Waals surface area contributed by atoms with Gasteiger partial charge in [0.2, 0.25) is 0 Å². The zero-order valence-electron chi connectivity index (χ0n) is 12.0. The van der Waals surface area contributed by atoms with Crippen LogP contribution >= 0.6 is 23.8 Å². The Morgan fingerprint density at radius 1 is 0.957 bits per heavy atom. The number of nitrogens with one attached hydrogen (secondary N) is 2. The van der Waals surface area contributed by atoms with Gasteiger partial charge >= 0.3 is 0 Å². The minimum Gasteiger partial charge on any atom is -0.332 e. The van der Waals surface area contributed by atoms with Gasteiger partial charge in [-0.05, 0) is 53.4 Å². The molecule has 0 spiro atoms. The third-order valence-electron chi connectivity index (χ3n) is 3.54. The Morgan fingerprint density at radius 3 is 2.78 bits per heavy atom. The molecule has 4 rings (SSSR count). The van der Waals surface area contributed by atoms with Crippen molar-refractivity contribution in [2.75, 3.05) is 10.6 Å². The predicted octanol–water partition coefficient (Wildman–Crippen LogP) is 4.65. The molecule has 0 saturated carbocycles. The van der Waals surface area contributed by atoms with Crippen molar-refractivity contribution in [1.29, 1.82) is 0 Å². The summed E-state index contributed by atoms with van der Waals surface area (Å²) in [6, 6.07) is 20.2. The van der Waals surface area contributed by atoms with Crippen molar-refractivity contribution in [3.05, 3.63) is 60.7 Å². The maximum Gasteiger partial charge on any atom is 0.175 e. The number of hydrogen-bond acceptors (Lipinski definition) is 4. The van der Waals surface area contributed by atoms with Crippen LogP contribution in [0.5, 0.6) is 0 Å². The van der Waals surface area contributed by atoms with Crippen molar-refractivity contribution in [3.63, 3.8) is 0 Å². The van der Waals surface area contributed by atoms with E-state index in [1.165, 1.54) is 16.9 Å². The highest BCUT2D eigenvalue weighted by Gasteiger charge is 2.05. The summed E-state index contributed by atoms with van der Waals surface area (Å²) < 4.78 is 5.00. The second-order valence-corrected chi connectivity index (χ2v) is 6.26. The molecule has 0 atom stereocenters. The molecule has 0 amide bonds. The molecule has 0 saturated heterocycles. The lowest BCUT2D eigenvalue weighted by molar-refractivity contribution is 1.20. The Hall–Kier alpha value is -2.57. The molecule has 0 radical (unpaired) electrons. The molecule has 0 unspecified atom stereocenters. The largest absolute Gasteiger partial charge is 0.332 e. The first kappa shape index (κ1) is 14.0. The third kappa shape index (κ3) is 2.86. The predicted molar refractivity (Wildman–Crippen MR) is 101 cm³/mol. The maximum absolute atomic E-state index is 5.43. The molecule has 2 N–H and O–H groups in total. The molecule has 0 bridgehead atoms. The van der Waals surface area contributed by atoms with Crippen molar-refractivity contribution in [2.24, 2.45) is 0 Å². The van der Waals surface area contributed by atoms with Gasteiger partial charge in [-0.1, -0.05) is 40.9 Å². The molecule has 23 heavy (non-hydrogen) atoms. The van der Waals surface area contributed by atoms with E-state index in [0.29, 0.717) is 5.11 Å². The second-order valence-electron chi connectivity index (χ2n) is 5.06. The number of anilines is 2. The Kier molecular flexibility index (Phi) is 3.61. The van der Waals surface area contributed by atoms with Crippen LogP contribution in [0.4, 0.5) is 11.4 Å². The van der Waals surface area contributed by atoms with Gasteiger partial charge in [-0.15, -0.1) is 5.10 Å². The number of aromatic nitrogens is 2. The first-order chi connectivity index (χ1) is 11.3. The number of fused-ring (bicyclic) bond motifs is 2. The van der Waals surface area contributed by atoms with Crippen molar-refractivity contribution >= 4 is 61.2 Å². The Balaban J connectivity index is 1.57. The average Bonchev–Trinajstić information content (AvgIpc) is 3.03. The van der Waals surface area contributed by atoms with Gasteiger partial charge in [-0.25, -0.2) is 0 Å². The summed E-state index contributed by atoms with van der Waals surface area (Å²) in [5.74, 6) is 0. The van der Waals surface area contributed by atoms with E-state index in [1.54, 1.807) is 0 Å². The number of nitrogens with zero attached hydrogens (tertiary/aromatic N) is 2. The minimum absolute atomic E-state index is 0.545. The summed E-state index contributed by atoms with van der Waals surface area (Å²) in [5, 5.41) is 13.4. The van der Waals surface area contributed by atoms with Gasteiger partial charge < -0.3 is 10.6 Å². The van der Waals surface area contributed by atoms with Gasteiger partial charge in [0.05, 0.1) is 4.70 Å². The van der Waals surface area contributed by atoms with E-state index in [9.17, 15) is 0 Å². The van der Waals surface area contributed by atoms with Gasteiger partial charge in [0.15, 0.2) is 5.11 Å². The molecule has 4 aromatic rings. The number of thiocarbonyl (C=S) groups is 1. The van der Waals surface area contributed by atoms with E-state index in [1.807, 2.05) is 42.5 Å². The highest BCUT2D eigenvalue weighted by Crippen LogP contribution is 2.24. The summed E-state index contributed by atoms with van der Waals surface area (Å²) in [5.41, 5.74) is 2.74. The molecule has 0 fully saturated rings. The van der Waals surface area contributed by atoms with E-state index >= 15 is 0 Å². The first-order valence-corrected chi connectivity index (χ1v) is 8.26. The van der Waals surface area contributed by atoms with Crippen LogP contribution in [-0.4, -0.2) is 14.7 Å². The van der Waals surface area contributed by atoms with E-state index in [4.69, 9.17) is 12.2 Å². The first-order valence-electron chi connectivity index (χ1n) is 7.07. The zero-order valence-corrected chi connectivity index (χ0v) is 13.6. The van der Waals surface area contributed by atoms with E-state index in [-0.39, 0.29) is 0 Å². The highest BCUT2D eigenvalue weighted by molar-refractivity contribution is 7.80. The molecule has 4 nitrogen and oxygen atoms in total. The van der Waals surface area contributed by atoms with Crippen molar-refractivity contribution in [1.82, 2.24) is 9.59 Å². The quantitative estimate of drug-likeness (QED) is 0.522. The fraction of sp³-hybridized carbons (Fsp3) is 0. The monoisotopic (exact) mass is 336 g/mol. The lowest BCUT2D eigenvalue weighted by atomic mass is 10.1. The molecule has 6 heteroatoms. The van der Waals surface area contributed by atoms with Crippen molar-refractivity contribution in [2.45, 2.75) is 0 Å². The molecule has 3 aromatic carbocycles. The van der Waals surface area contributed by atoms with Gasteiger partial charge in [0, 0.05) is 16.8 Å². The molecule has 0 aliphatic rings. The number of hydrogen-bond donors (Lipinski definition) is 2. The van der Waals surface area contributed by atoms with Crippen LogP contribution < -0.4 is 10.6 Å². The molecule has 112 valence electrons. The van der Waals surface area contributed by atoms with Gasteiger partial charge in [0.25, 0.3) is 0 Å². The van der Waals surface area contributed by atoms with Crippen LogP contribution in [0.25, 0.3) is 21.0 Å². The third-order valence-corrected chi connectivity index (χ3v) is 4.45. The lowest BCUT2D eigenvalue weighted by Crippen LogP contribution is -2.19. The summed E-state index contributed by atoms with van der Waals surface area (Å²) in [7, 11) is 0. The molecule has 1 heterocycles. The summed E-state index contributed by atoms with van der Waals surface area (Å²) >= 11 is 6.81. The second kappa shape index (κ2) is 5.91. The van der Waals surface area contributed by atoms with Crippen LogP contribution in [0, 0.1) is 0 Å². The normalized spacial score (nSPS) is 10.8. The average molecular weight is 336 g/mol. The minimum atomic E-state index is 0.545. The van der Waals surface area contributed by atoms with Gasteiger partial charge in [-0.2, -0.15) is 0 Å². The van der Waals surface area contributed by atoms with E-state index in [0.717, 1.165) is 27.0 Å². The molecular formula is C17H12N4S2. The number of rotatable bonds is 2. The van der Waals surface area contributed by atoms with Crippen molar-refractivity contribution in [3.8, 4) is 0 Å². The molecular weight excluding hydrogens is 324 g/mol. The van der Waals surface area contributed by atoms with E-state index in [2.05, 4.69) is 38.4 Å². The van der Waals surface area contributed by atoms with Gasteiger partial charge in [0.1, 0.15) is 5.52 Å². The van der Waals surface area contributed by atoms with Crippen LogP contribution in [-0.2, 0) is 0 Å². The zero-order chi connectivity index (χ0) is 15.6. The highest BCUT2D eigenvalue weighted by atomic mass is 32.1. The Bertz CT molecular complexity index is 1000.